The number of fused-ring (bicyclic) bond motifs is 10. The fourth-order valence-electron chi connectivity index (χ4n) is 9.43. The molecule has 9 aromatic carbocycles. The highest BCUT2D eigenvalue weighted by Gasteiger charge is 2.25. The highest BCUT2D eigenvalue weighted by atomic mass is 16.3. The second kappa shape index (κ2) is 13.1. The van der Waals surface area contributed by atoms with Crippen LogP contribution in [0, 0.1) is 0 Å². The molecule has 0 bridgehead atoms. The van der Waals surface area contributed by atoms with Crippen LogP contribution in [0.1, 0.15) is 0 Å². The van der Waals surface area contributed by atoms with Gasteiger partial charge in [-0.1, -0.05) is 127 Å². The largest absolute Gasteiger partial charge is 0.456 e. The quantitative estimate of drug-likeness (QED) is 0.175. The third-order valence-corrected chi connectivity index (χ3v) is 12.1. The van der Waals surface area contributed by atoms with E-state index in [4.69, 9.17) is 19.4 Å². The average Bonchev–Trinajstić information content (AvgIpc) is 3.98. The lowest BCUT2D eigenvalue weighted by Gasteiger charge is -2.16. The highest BCUT2D eigenvalue weighted by Crippen LogP contribution is 2.44. The van der Waals surface area contributed by atoms with Crippen LogP contribution in [0.15, 0.2) is 205 Å². The summed E-state index contributed by atoms with van der Waals surface area (Å²) < 4.78 is 11.3. The van der Waals surface area contributed by atoms with Gasteiger partial charge in [-0.25, -0.2) is 15.0 Å². The summed E-state index contributed by atoms with van der Waals surface area (Å²) in [5.74, 6) is 1.75. The maximum atomic E-state index is 6.59. The van der Waals surface area contributed by atoms with Crippen molar-refractivity contribution in [3.8, 4) is 45.5 Å². The van der Waals surface area contributed by atoms with Gasteiger partial charge in [-0.05, 0) is 83.6 Å². The summed E-state index contributed by atoms with van der Waals surface area (Å²) in [4.78, 5) is 16.1. The molecule has 6 nitrogen and oxygen atoms in total. The van der Waals surface area contributed by atoms with E-state index in [0.29, 0.717) is 17.5 Å². The summed E-state index contributed by atoms with van der Waals surface area (Å²) in [6.45, 7) is 0. The van der Waals surface area contributed by atoms with Crippen molar-refractivity contribution in [2.24, 2.45) is 0 Å². The molecule has 284 valence electrons. The molecule has 0 fully saturated rings. The van der Waals surface area contributed by atoms with Crippen molar-refractivity contribution in [1.82, 2.24) is 24.1 Å². The minimum Gasteiger partial charge on any atom is -0.456 e. The Kier molecular flexibility index (Phi) is 7.21. The summed E-state index contributed by atoms with van der Waals surface area (Å²) in [6, 6.07) is 70.2. The molecule has 4 aromatic heterocycles. The van der Waals surface area contributed by atoms with E-state index in [1.54, 1.807) is 0 Å². The zero-order valence-corrected chi connectivity index (χ0v) is 32.7. The van der Waals surface area contributed by atoms with Crippen LogP contribution in [0.25, 0.3) is 122 Å². The summed E-state index contributed by atoms with van der Waals surface area (Å²) in [6.07, 6.45) is 0. The number of rotatable bonds is 5. The second-order valence-corrected chi connectivity index (χ2v) is 15.6. The normalized spacial score (nSPS) is 11.9. The minimum atomic E-state index is 0.564. The van der Waals surface area contributed by atoms with Gasteiger partial charge in [0.25, 0.3) is 0 Å². The van der Waals surface area contributed by atoms with Crippen molar-refractivity contribution in [3.63, 3.8) is 0 Å². The van der Waals surface area contributed by atoms with Gasteiger partial charge in [0.15, 0.2) is 17.5 Å². The maximum Gasteiger partial charge on any atom is 0.166 e. The number of aromatic nitrogens is 5. The van der Waals surface area contributed by atoms with Gasteiger partial charge in [0.05, 0.1) is 33.3 Å². The first kappa shape index (κ1) is 33.6. The molecule has 0 saturated carbocycles. The number of hydrogen-bond donors (Lipinski definition) is 0. The first-order valence-electron chi connectivity index (χ1n) is 20.5. The summed E-state index contributed by atoms with van der Waals surface area (Å²) in [5, 5.41) is 8.98. The molecular formula is C55H33N5O. The molecule has 0 atom stereocenters. The van der Waals surface area contributed by atoms with Crippen LogP contribution in [0.5, 0.6) is 0 Å². The Morgan fingerprint density at radius 3 is 1.69 bits per heavy atom. The lowest BCUT2D eigenvalue weighted by Crippen LogP contribution is -2.04. The molecule has 0 aliphatic rings. The molecule has 6 heteroatoms. The monoisotopic (exact) mass is 779 g/mol. The Morgan fingerprint density at radius 1 is 0.344 bits per heavy atom. The predicted molar refractivity (Wildman–Crippen MR) is 250 cm³/mol. The van der Waals surface area contributed by atoms with Crippen LogP contribution in [-0.4, -0.2) is 24.1 Å². The van der Waals surface area contributed by atoms with Gasteiger partial charge in [0, 0.05) is 49.1 Å². The lowest BCUT2D eigenvalue weighted by molar-refractivity contribution is 0.669. The molecule has 0 spiro atoms. The molecule has 0 aliphatic heterocycles. The Morgan fingerprint density at radius 2 is 0.918 bits per heavy atom. The van der Waals surface area contributed by atoms with Gasteiger partial charge in [-0.15, -0.1) is 0 Å². The first-order chi connectivity index (χ1) is 30.2. The second-order valence-electron chi connectivity index (χ2n) is 15.6. The van der Waals surface area contributed by atoms with Crippen molar-refractivity contribution in [2.75, 3.05) is 0 Å². The molecule has 0 N–H and O–H groups in total. The summed E-state index contributed by atoms with van der Waals surface area (Å²) in [7, 11) is 0. The zero-order chi connectivity index (χ0) is 40.0. The summed E-state index contributed by atoms with van der Waals surface area (Å²) in [5.41, 5.74) is 10.8. The van der Waals surface area contributed by atoms with Crippen LogP contribution in [-0.2, 0) is 0 Å². The Bertz CT molecular complexity index is 3880. The van der Waals surface area contributed by atoms with E-state index in [2.05, 4.69) is 179 Å². The molecule has 0 saturated heterocycles. The standard InChI is InChI=1S/C55H33N5O/c1-3-15-34(16-4-1)53-56-54(37-27-28-46-42(32-37)39-21-9-12-24-44(39)59(46)38-19-5-2-6-20-38)58-55(57-53)52-47(29-30-50-51(52)41-23-11-14-26-49(41)61-50)60-45-25-13-10-22-40(45)43-31-35-17-7-8-18-36(35)33-48(43)60/h1-33H. The molecule has 61 heavy (non-hydrogen) atoms. The number of hydrogen-bond acceptors (Lipinski definition) is 4. The van der Waals surface area contributed by atoms with Gasteiger partial charge in [-0.2, -0.15) is 0 Å². The lowest BCUT2D eigenvalue weighted by atomic mass is 10.0. The van der Waals surface area contributed by atoms with Gasteiger partial charge < -0.3 is 13.6 Å². The first-order valence-corrected chi connectivity index (χ1v) is 20.5. The smallest absolute Gasteiger partial charge is 0.166 e. The fraction of sp³-hybridized carbons (Fsp3) is 0. The van der Waals surface area contributed by atoms with E-state index in [1.807, 2.05) is 30.3 Å². The predicted octanol–water partition coefficient (Wildman–Crippen LogP) is 14.1. The number of benzene rings is 9. The number of nitrogens with zero attached hydrogens (tertiary/aromatic N) is 5. The van der Waals surface area contributed by atoms with Crippen molar-refractivity contribution in [1.29, 1.82) is 0 Å². The van der Waals surface area contributed by atoms with Gasteiger partial charge in [0.2, 0.25) is 0 Å². The Hall–Kier alpha value is -8.35. The van der Waals surface area contributed by atoms with E-state index >= 15 is 0 Å². The van der Waals surface area contributed by atoms with Crippen LogP contribution >= 0.6 is 0 Å². The van der Waals surface area contributed by atoms with Crippen molar-refractivity contribution < 1.29 is 4.42 Å². The average molecular weight is 780 g/mol. The van der Waals surface area contributed by atoms with Gasteiger partial charge >= 0.3 is 0 Å². The SMILES string of the molecule is c1ccc(-c2nc(-c3ccc4c(c3)c3ccccc3n4-c3ccccc3)nc(-c3c(-n4c5ccccc5c5cc6ccccc6cc54)ccc4oc5ccccc5c34)n2)cc1. The van der Waals surface area contributed by atoms with Crippen molar-refractivity contribution in [2.45, 2.75) is 0 Å². The number of para-hydroxylation sites is 4. The van der Waals surface area contributed by atoms with Crippen molar-refractivity contribution >= 4 is 76.3 Å². The number of furan rings is 1. The summed E-state index contributed by atoms with van der Waals surface area (Å²) >= 11 is 0. The third kappa shape index (κ3) is 5.12. The highest BCUT2D eigenvalue weighted by molar-refractivity contribution is 6.17. The van der Waals surface area contributed by atoms with Crippen LogP contribution in [0.4, 0.5) is 0 Å². The van der Waals surface area contributed by atoms with Crippen LogP contribution < -0.4 is 0 Å². The topological polar surface area (TPSA) is 61.7 Å². The van der Waals surface area contributed by atoms with Gasteiger partial charge in [0.1, 0.15) is 11.2 Å². The Labute approximate surface area is 349 Å². The molecule has 0 unspecified atom stereocenters. The van der Waals surface area contributed by atoms with E-state index in [9.17, 15) is 0 Å². The molecule has 0 radical (unpaired) electrons. The maximum absolute atomic E-state index is 6.59. The molecule has 4 heterocycles. The van der Waals surface area contributed by atoms with E-state index in [0.717, 1.165) is 82.8 Å². The van der Waals surface area contributed by atoms with Crippen LogP contribution in [0.3, 0.4) is 0 Å². The van der Waals surface area contributed by atoms with Crippen molar-refractivity contribution in [3.05, 3.63) is 200 Å². The fourth-order valence-corrected chi connectivity index (χ4v) is 9.43. The Balaban J connectivity index is 1.13. The molecule has 0 amide bonds. The minimum absolute atomic E-state index is 0.564. The molecule has 13 aromatic rings. The van der Waals surface area contributed by atoms with E-state index in [-0.39, 0.29) is 0 Å². The zero-order valence-electron chi connectivity index (χ0n) is 32.7. The van der Waals surface area contributed by atoms with E-state index in [1.165, 1.54) is 21.5 Å². The van der Waals surface area contributed by atoms with Crippen LogP contribution in [0.2, 0.25) is 0 Å². The molecule has 0 aliphatic carbocycles. The molecule has 13 rings (SSSR count). The third-order valence-electron chi connectivity index (χ3n) is 12.1. The molecular weight excluding hydrogens is 747 g/mol. The van der Waals surface area contributed by atoms with Gasteiger partial charge in [-0.3, -0.25) is 0 Å². The van der Waals surface area contributed by atoms with E-state index < -0.39 is 0 Å².